The van der Waals surface area contributed by atoms with Crippen LogP contribution in [-0.4, -0.2) is 46.6 Å². The van der Waals surface area contributed by atoms with Crippen LogP contribution in [0.15, 0.2) is 16.8 Å². The van der Waals surface area contributed by atoms with Gasteiger partial charge in [0.25, 0.3) is 5.91 Å². The van der Waals surface area contributed by atoms with Gasteiger partial charge in [-0.15, -0.1) is 6.42 Å². The molecule has 0 saturated heterocycles. The first-order valence-electron chi connectivity index (χ1n) is 11.7. The van der Waals surface area contributed by atoms with Crippen LogP contribution in [0.3, 0.4) is 0 Å². The molecule has 0 aromatic heterocycles. The topological polar surface area (TPSA) is 108 Å². The molecule has 0 spiro atoms. The van der Waals surface area contributed by atoms with Crippen molar-refractivity contribution >= 4 is 17.6 Å². The van der Waals surface area contributed by atoms with Crippen molar-refractivity contribution in [3.05, 3.63) is 11.6 Å². The summed E-state index contributed by atoms with van der Waals surface area (Å²) in [4.78, 5) is 27.3. The van der Waals surface area contributed by atoms with E-state index in [1.807, 2.05) is 0 Å². The summed E-state index contributed by atoms with van der Waals surface area (Å²) < 4.78 is 0. The number of oxime groups is 1. The Morgan fingerprint density at radius 2 is 1.97 bits per heavy atom. The van der Waals surface area contributed by atoms with Crippen molar-refractivity contribution in [1.82, 2.24) is 5.32 Å². The first-order valence-corrected chi connectivity index (χ1v) is 11.7. The number of carbonyl (C=O) groups is 2. The van der Waals surface area contributed by atoms with E-state index < -0.39 is 24.0 Å². The minimum atomic E-state index is -1.10. The maximum absolute atomic E-state index is 11.6. The molecule has 0 aromatic rings. The molecule has 3 fully saturated rings. The number of nitrogens with zero attached hydrogens (tertiary/aromatic N) is 1. The largest absolute Gasteiger partial charge is 0.480 e. The second kappa shape index (κ2) is 8.22. The van der Waals surface area contributed by atoms with Gasteiger partial charge in [-0.05, 0) is 80.6 Å². The van der Waals surface area contributed by atoms with E-state index in [0.29, 0.717) is 24.2 Å². The lowest BCUT2D eigenvalue weighted by Crippen LogP contribution is -2.54. The van der Waals surface area contributed by atoms with Gasteiger partial charge in [-0.3, -0.25) is 9.59 Å². The minimum Gasteiger partial charge on any atom is -0.480 e. The Balaban J connectivity index is 1.44. The number of hydrogen-bond acceptors (Lipinski definition) is 5. The molecule has 7 heteroatoms. The van der Waals surface area contributed by atoms with Crippen molar-refractivity contribution in [3.8, 4) is 12.3 Å². The number of nitrogens with one attached hydrogen (secondary N) is 1. The summed E-state index contributed by atoms with van der Waals surface area (Å²) in [6.07, 6.45) is 15.6. The summed E-state index contributed by atoms with van der Waals surface area (Å²) in [5.41, 5.74) is 1.22. The van der Waals surface area contributed by atoms with Crippen LogP contribution in [0.1, 0.15) is 65.2 Å². The lowest BCUT2D eigenvalue weighted by Gasteiger charge is -2.58. The van der Waals surface area contributed by atoms with E-state index in [4.69, 9.17) is 16.4 Å². The average Bonchev–Trinajstić information content (AvgIpc) is 3.04. The number of carboxylic acids is 1. The number of rotatable bonds is 5. The Kier molecular flexibility index (Phi) is 5.87. The average molecular weight is 443 g/mol. The van der Waals surface area contributed by atoms with Crippen LogP contribution in [0.4, 0.5) is 0 Å². The normalized spacial score (nSPS) is 41.5. The van der Waals surface area contributed by atoms with Gasteiger partial charge in [0.2, 0.25) is 0 Å². The molecular weight excluding hydrogens is 408 g/mol. The van der Waals surface area contributed by atoms with Crippen LogP contribution in [-0.2, 0) is 14.4 Å². The first kappa shape index (κ1) is 22.8. The molecule has 4 rings (SSSR count). The fourth-order valence-electron chi connectivity index (χ4n) is 7.30. The van der Waals surface area contributed by atoms with Crippen LogP contribution < -0.4 is 5.32 Å². The summed E-state index contributed by atoms with van der Waals surface area (Å²) in [6.45, 7) is 3.88. The monoisotopic (exact) mass is 442 g/mol. The number of carbonyl (C=O) groups excluding carboxylic acids is 1. The van der Waals surface area contributed by atoms with Gasteiger partial charge >= 0.3 is 5.97 Å². The molecule has 4 aliphatic carbocycles. The quantitative estimate of drug-likeness (QED) is 0.448. The van der Waals surface area contributed by atoms with Gasteiger partial charge < -0.3 is 20.4 Å². The highest BCUT2D eigenvalue weighted by Crippen LogP contribution is 2.67. The van der Waals surface area contributed by atoms with Crippen LogP contribution in [0.2, 0.25) is 0 Å². The van der Waals surface area contributed by atoms with E-state index >= 15 is 0 Å². The highest BCUT2D eigenvalue weighted by molar-refractivity contribution is 5.96. The molecule has 7 nitrogen and oxygen atoms in total. The van der Waals surface area contributed by atoms with Crippen molar-refractivity contribution in [3.63, 3.8) is 0 Å². The van der Waals surface area contributed by atoms with Gasteiger partial charge in [0.05, 0.1) is 5.71 Å². The van der Waals surface area contributed by atoms with Crippen molar-refractivity contribution in [2.75, 3.05) is 13.2 Å². The Bertz CT molecular complexity index is 904. The van der Waals surface area contributed by atoms with Crippen molar-refractivity contribution in [1.29, 1.82) is 0 Å². The number of aliphatic hydroxyl groups is 1. The third kappa shape index (κ3) is 3.63. The van der Waals surface area contributed by atoms with Gasteiger partial charge in [0.15, 0.2) is 6.61 Å². The number of terminal acetylenes is 1. The van der Waals surface area contributed by atoms with Gasteiger partial charge in [0, 0.05) is 5.41 Å². The zero-order chi connectivity index (χ0) is 23.1. The number of amides is 1. The maximum atomic E-state index is 11.6. The molecule has 32 heavy (non-hydrogen) atoms. The molecule has 4 aliphatic rings. The molecule has 3 saturated carbocycles. The van der Waals surface area contributed by atoms with Crippen LogP contribution >= 0.6 is 0 Å². The number of carboxylic acid groups (broad SMARTS) is 1. The minimum absolute atomic E-state index is 0.124. The molecule has 0 aromatic carbocycles. The van der Waals surface area contributed by atoms with Crippen LogP contribution in [0.25, 0.3) is 0 Å². The summed E-state index contributed by atoms with van der Waals surface area (Å²) in [6, 6.07) is 0. The number of hydrogen-bond donors (Lipinski definition) is 3. The van der Waals surface area contributed by atoms with E-state index in [0.717, 1.165) is 50.7 Å². The zero-order valence-electron chi connectivity index (χ0n) is 19.0. The fourth-order valence-corrected chi connectivity index (χ4v) is 7.30. The molecule has 6 unspecified atom stereocenters. The Hall–Kier alpha value is -2.33. The molecule has 6 atom stereocenters. The summed E-state index contributed by atoms with van der Waals surface area (Å²) in [7, 11) is 0. The highest BCUT2D eigenvalue weighted by atomic mass is 16.6. The third-order valence-electron chi connectivity index (χ3n) is 9.18. The van der Waals surface area contributed by atoms with E-state index in [2.05, 4.69) is 36.3 Å². The molecule has 0 aliphatic heterocycles. The Labute approximate surface area is 189 Å². The standard InChI is InChI=1S/C25H34N2O5/c1-4-25(31)12-9-20-18-6-5-16-13-17(27-32-15-21(28)26-14-22(29)30)7-10-23(16,2)19(18)8-11-24(20,25)3/h1,13,18-20,31H,5-12,14-15H2,2-3H3,(H,26,28)(H,29,30). The van der Waals surface area contributed by atoms with Crippen LogP contribution in [0, 0.1) is 40.9 Å². The number of fused-ring (bicyclic) bond motifs is 5. The smallest absolute Gasteiger partial charge is 0.322 e. The van der Waals surface area contributed by atoms with E-state index in [9.17, 15) is 14.7 Å². The first-order chi connectivity index (χ1) is 15.1. The van der Waals surface area contributed by atoms with Gasteiger partial charge in [0.1, 0.15) is 12.1 Å². The lowest BCUT2D eigenvalue weighted by atomic mass is 9.46. The molecule has 0 heterocycles. The van der Waals surface area contributed by atoms with Crippen molar-refractivity contribution in [2.24, 2.45) is 33.7 Å². The Morgan fingerprint density at radius 3 is 2.69 bits per heavy atom. The molecule has 3 N–H and O–H groups in total. The van der Waals surface area contributed by atoms with Crippen molar-refractivity contribution in [2.45, 2.75) is 70.8 Å². The summed E-state index contributed by atoms with van der Waals surface area (Å²) in [5, 5.41) is 26.1. The zero-order valence-corrected chi connectivity index (χ0v) is 19.0. The van der Waals surface area contributed by atoms with Gasteiger partial charge in [-0.2, -0.15) is 0 Å². The second-order valence-corrected chi connectivity index (χ2v) is 10.5. The summed E-state index contributed by atoms with van der Waals surface area (Å²) >= 11 is 0. The van der Waals surface area contributed by atoms with Gasteiger partial charge in [-0.1, -0.05) is 30.5 Å². The SMILES string of the molecule is C#CC1(O)CCC2C3CCC4=CC(=NOCC(=O)NCC(=O)O)CCC4(C)C3CCC21C. The lowest BCUT2D eigenvalue weighted by molar-refractivity contribution is -0.138. The van der Waals surface area contributed by atoms with Gasteiger partial charge in [-0.25, -0.2) is 0 Å². The third-order valence-corrected chi connectivity index (χ3v) is 9.18. The van der Waals surface area contributed by atoms with E-state index in [-0.39, 0.29) is 17.4 Å². The van der Waals surface area contributed by atoms with Crippen LogP contribution in [0.5, 0.6) is 0 Å². The number of allylic oxidation sites excluding steroid dienone is 2. The predicted octanol–water partition coefficient (Wildman–Crippen LogP) is 2.89. The molecule has 1 amide bonds. The molecular formula is C25H34N2O5. The number of aliphatic carboxylic acids is 1. The molecule has 174 valence electrons. The van der Waals surface area contributed by atoms with E-state index in [1.165, 1.54) is 5.57 Å². The second-order valence-electron chi connectivity index (χ2n) is 10.5. The fraction of sp³-hybridized carbons (Fsp3) is 0.720. The Morgan fingerprint density at radius 1 is 1.22 bits per heavy atom. The predicted molar refractivity (Wildman–Crippen MR) is 120 cm³/mol. The highest BCUT2D eigenvalue weighted by Gasteiger charge is 2.63. The molecule has 0 bridgehead atoms. The van der Waals surface area contributed by atoms with Crippen molar-refractivity contribution < 1.29 is 24.6 Å². The van der Waals surface area contributed by atoms with E-state index in [1.54, 1.807) is 0 Å². The maximum Gasteiger partial charge on any atom is 0.322 e. The summed E-state index contributed by atoms with van der Waals surface area (Å²) in [5.74, 6) is 2.80. The molecule has 0 radical (unpaired) electrons.